The fourth-order valence-electron chi connectivity index (χ4n) is 1.59. The Bertz CT molecular complexity index is 414. The third-order valence-electron chi connectivity index (χ3n) is 2.63. The molecule has 0 saturated carbocycles. The summed E-state index contributed by atoms with van der Waals surface area (Å²) in [6.07, 6.45) is -1.02. The van der Waals surface area contributed by atoms with Crippen molar-refractivity contribution in [2.45, 2.75) is 11.7 Å². The average molecular weight is 287 g/mol. The van der Waals surface area contributed by atoms with E-state index in [1.807, 2.05) is 6.07 Å². The average Bonchev–Trinajstić information content (AvgIpc) is 3.09. The Morgan fingerprint density at radius 3 is 2.75 bits per heavy atom. The van der Waals surface area contributed by atoms with Gasteiger partial charge < -0.3 is 14.6 Å². The summed E-state index contributed by atoms with van der Waals surface area (Å²) in [5, 5.41) is 10.1. The van der Waals surface area contributed by atoms with Crippen molar-refractivity contribution in [2.75, 3.05) is 13.7 Å². The van der Waals surface area contributed by atoms with Crippen LogP contribution in [0.2, 0.25) is 0 Å². The highest BCUT2D eigenvalue weighted by Gasteiger charge is 2.60. The molecular weight excluding hydrogens is 276 g/mol. The second kappa shape index (κ2) is 4.16. The number of ether oxygens (including phenoxy) is 2. The number of aliphatic hydroxyl groups excluding tert-OH is 1. The minimum Gasteiger partial charge on any atom is -0.467 e. The first-order valence-electron chi connectivity index (χ1n) is 4.76. The summed E-state index contributed by atoms with van der Waals surface area (Å²) in [5.41, 5.74) is -0.607. The van der Waals surface area contributed by atoms with Gasteiger partial charge in [0.15, 0.2) is 0 Å². The van der Waals surface area contributed by atoms with Crippen LogP contribution in [0.5, 0.6) is 0 Å². The van der Waals surface area contributed by atoms with Crippen LogP contribution in [0, 0.1) is 0 Å². The Balaban J connectivity index is 2.30. The molecule has 16 heavy (non-hydrogen) atoms. The number of benzene rings is 1. The van der Waals surface area contributed by atoms with Crippen LogP contribution in [0.4, 0.5) is 0 Å². The van der Waals surface area contributed by atoms with Crippen molar-refractivity contribution in [2.24, 2.45) is 0 Å². The molecule has 1 aromatic rings. The molecular formula is C11H11BrO4. The Kier molecular flexibility index (Phi) is 3.01. The van der Waals surface area contributed by atoms with E-state index >= 15 is 0 Å². The summed E-state index contributed by atoms with van der Waals surface area (Å²) < 4.78 is 10.4. The number of hydrogen-bond donors (Lipinski definition) is 1. The van der Waals surface area contributed by atoms with Gasteiger partial charge in [0.1, 0.15) is 6.10 Å². The van der Waals surface area contributed by atoms with Crippen LogP contribution >= 0.6 is 15.9 Å². The highest BCUT2D eigenvalue weighted by Crippen LogP contribution is 2.42. The number of hydrogen-bond acceptors (Lipinski definition) is 4. The van der Waals surface area contributed by atoms with E-state index in [1.54, 1.807) is 18.2 Å². The fourth-order valence-corrected chi connectivity index (χ4v) is 2.09. The van der Waals surface area contributed by atoms with Crippen molar-refractivity contribution in [3.05, 3.63) is 34.3 Å². The summed E-state index contributed by atoms with van der Waals surface area (Å²) in [5.74, 6) is -0.546. The van der Waals surface area contributed by atoms with Gasteiger partial charge in [0.05, 0.1) is 13.7 Å². The molecule has 0 aliphatic carbocycles. The molecule has 1 aromatic carbocycles. The van der Waals surface area contributed by atoms with Crippen molar-refractivity contribution >= 4 is 21.9 Å². The molecule has 86 valence electrons. The highest BCUT2D eigenvalue weighted by atomic mass is 79.9. The highest BCUT2D eigenvalue weighted by molar-refractivity contribution is 9.10. The molecule has 0 bridgehead atoms. The lowest BCUT2D eigenvalue weighted by atomic mass is 9.96. The molecule has 0 spiro atoms. The van der Waals surface area contributed by atoms with Gasteiger partial charge in [0, 0.05) is 4.47 Å². The molecule has 0 aromatic heterocycles. The number of methoxy groups -OCH3 is 1. The van der Waals surface area contributed by atoms with Crippen molar-refractivity contribution in [3.8, 4) is 0 Å². The van der Waals surface area contributed by atoms with Crippen molar-refractivity contribution < 1.29 is 19.4 Å². The van der Waals surface area contributed by atoms with Gasteiger partial charge in [0.2, 0.25) is 5.60 Å². The second-order valence-corrected chi connectivity index (χ2v) is 4.45. The third kappa shape index (κ3) is 1.75. The van der Waals surface area contributed by atoms with Crippen LogP contribution in [0.15, 0.2) is 28.7 Å². The monoisotopic (exact) mass is 286 g/mol. The number of esters is 1. The van der Waals surface area contributed by atoms with Crippen molar-refractivity contribution in [3.63, 3.8) is 0 Å². The van der Waals surface area contributed by atoms with E-state index in [0.717, 1.165) is 4.47 Å². The molecule has 0 unspecified atom stereocenters. The summed E-state index contributed by atoms with van der Waals surface area (Å²) in [6, 6.07) is 7.16. The first-order chi connectivity index (χ1) is 7.62. The molecule has 2 rings (SSSR count). The SMILES string of the molecule is COC(=O)[C@@]1([C@H](O)c2ccccc2Br)CO1. The largest absolute Gasteiger partial charge is 0.467 e. The lowest BCUT2D eigenvalue weighted by Crippen LogP contribution is -2.33. The summed E-state index contributed by atoms with van der Waals surface area (Å²) in [7, 11) is 1.28. The Morgan fingerprint density at radius 1 is 1.62 bits per heavy atom. The van der Waals surface area contributed by atoms with E-state index in [-0.39, 0.29) is 6.61 Å². The molecule has 2 atom stereocenters. The van der Waals surface area contributed by atoms with E-state index < -0.39 is 17.7 Å². The second-order valence-electron chi connectivity index (χ2n) is 3.59. The van der Waals surface area contributed by atoms with Crippen molar-refractivity contribution in [1.29, 1.82) is 0 Å². The van der Waals surface area contributed by atoms with E-state index in [1.165, 1.54) is 7.11 Å². The summed E-state index contributed by atoms with van der Waals surface area (Å²) in [4.78, 5) is 11.5. The third-order valence-corrected chi connectivity index (χ3v) is 3.35. The molecule has 0 amide bonds. The predicted octanol–water partition coefficient (Wildman–Crippen LogP) is 1.42. The van der Waals surface area contributed by atoms with Crippen LogP contribution < -0.4 is 0 Å². The normalized spacial score (nSPS) is 24.9. The van der Waals surface area contributed by atoms with Gasteiger partial charge in [-0.3, -0.25) is 0 Å². The summed E-state index contributed by atoms with van der Waals surface area (Å²) in [6.45, 7) is 0.183. The Morgan fingerprint density at radius 2 is 2.25 bits per heavy atom. The Labute approximate surface area is 101 Å². The van der Waals surface area contributed by atoms with Gasteiger partial charge in [-0.25, -0.2) is 4.79 Å². The molecule has 1 aliphatic heterocycles. The summed E-state index contributed by atoms with van der Waals surface area (Å²) >= 11 is 3.32. The van der Waals surface area contributed by atoms with Crippen LogP contribution in [0.1, 0.15) is 11.7 Å². The Hall–Kier alpha value is -0.910. The minimum absolute atomic E-state index is 0.183. The van der Waals surface area contributed by atoms with Crippen LogP contribution in [-0.4, -0.2) is 30.4 Å². The number of carbonyl (C=O) groups excluding carboxylic acids is 1. The number of carbonyl (C=O) groups is 1. The standard InChI is InChI=1S/C11H11BrO4/c1-15-10(14)11(6-16-11)9(13)7-4-2-3-5-8(7)12/h2-5,9,13H,6H2,1H3/t9-,11+/m1/s1. The van der Waals surface area contributed by atoms with Gasteiger partial charge in [-0.15, -0.1) is 0 Å². The lowest BCUT2D eigenvalue weighted by Gasteiger charge is -2.18. The zero-order valence-corrected chi connectivity index (χ0v) is 10.2. The van der Waals surface area contributed by atoms with Gasteiger partial charge in [0.25, 0.3) is 0 Å². The fraction of sp³-hybridized carbons (Fsp3) is 0.364. The molecule has 5 heteroatoms. The molecule has 1 aliphatic rings. The molecule has 1 heterocycles. The topological polar surface area (TPSA) is 59.1 Å². The van der Waals surface area contributed by atoms with Crippen LogP contribution in [-0.2, 0) is 14.3 Å². The quantitative estimate of drug-likeness (QED) is 0.675. The maximum atomic E-state index is 11.5. The van der Waals surface area contributed by atoms with E-state index in [4.69, 9.17) is 4.74 Å². The molecule has 0 radical (unpaired) electrons. The maximum Gasteiger partial charge on any atom is 0.343 e. The van der Waals surface area contributed by atoms with Gasteiger partial charge in [-0.2, -0.15) is 0 Å². The maximum absolute atomic E-state index is 11.5. The van der Waals surface area contributed by atoms with Crippen LogP contribution in [0.25, 0.3) is 0 Å². The number of aliphatic hydroxyl groups is 1. The van der Waals surface area contributed by atoms with Gasteiger partial charge in [-0.1, -0.05) is 34.1 Å². The minimum atomic E-state index is -1.22. The zero-order chi connectivity index (χ0) is 11.8. The van der Waals surface area contributed by atoms with E-state index in [2.05, 4.69) is 20.7 Å². The van der Waals surface area contributed by atoms with Gasteiger partial charge in [-0.05, 0) is 11.6 Å². The molecule has 1 saturated heterocycles. The van der Waals surface area contributed by atoms with Gasteiger partial charge >= 0.3 is 5.97 Å². The molecule has 4 nitrogen and oxygen atoms in total. The smallest absolute Gasteiger partial charge is 0.343 e. The first kappa shape index (κ1) is 11.6. The number of rotatable bonds is 3. The first-order valence-corrected chi connectivity index (χ1v) is 5.56. The van der Waals surface area contributed by atoms with E-state index in [0.29, 0.717) is 5.56 Å². The van der Waals surface area contributed by atoms with Crippen molar-refractivity contribution in [1.82, 2.24) is 0 Å². The molecule has 1 fully saturated rings. The van der Waals surface area contributed by atoms with E-state index in [9.17, 15) is 9.90 Å². The van der Waals surface area contributed by atoms with Crippen LogP contribution in [0.3, 0.4) is 0 Å². The zero-order valence-electron chi connectivity index (χ0n) is 8.64. The predicted molar refractivity (Wildman–Crippen MR) is 59.8 cm³/mol. The number of epoxide rings is 1. The molecule has 1 N–H and O–H groups in total. The lowest BCUT2D eigenvalue weighted by molar-refractivity contribution is -0.151. The number of halogens is 1.